The first kappa shape index (κ1) is 12.5. The van der Waals surface area contributed by atoms with Crippen LogP contribution in [0, 0.1) is 6.92 Å². The van der Waals surface area contributed by atoms with E-state index in [9.17, 15) is 0 Å². The van der Waals surface area contributed by atoms with Crippen molar-refractivity contribution in [2.24, 2.45) is 0 Å². The van der Waals surface area contributed by atoms with Gasteiger partial charge in [-0.1, -0.05) is 6.07 Å². The van der Waals surface area contributed by atoms with Crippen LogP contribution in [-0.4, -0.2) is 23.2 Å². The van der Waals surface area contributed by atoms with E-state index in [-0.39, 0.29) is 0 Å². The Bertz CT molecular complexity index is 595. The SMILES string of the molecule is Cc1nc(Br)c(CCc2ccc3c(c2)OCCO3)[nH]1. The molecule has 1 N–H and O–H groups in total. The van der Waals surface area contributed by atoms with Gasteiger partial charge < -0.3 is 14.5 Å². The molecule has 0 bridgehead atoms. The van der Waals surface area contributed by atoms with Gasteiger partial charge in [0.25, 0.3) is 0 Å². The molecule has 19 heavy (non-hydrogen) atoms. The van der Waals surface area contributed by atoms with Crippen molar-refractivity contribution in [2.75, 3.05) is 13.2 Å². The van der Waals surface area contributed by atoms with Gasteiger partial charge in [0.2, 0.25) is 0 Å². The van der Waals surface area contributed by atoms with E-state index in [0.717, 1.165) is 40.5 Å². The zero-order chi connectivity index (χ0) is 13.2. The van der Waals surface area contributed by atoms with Crippen molar-refractivity contribution in [2.45, 2.75) is 19.8 Å². The molecule has 5 heteroatoms. The monoisotopic (exact) mass is 322 g/mol. The number of rotatable bonds is 3. The fourth-order valence-electron chi connectivity index (χ4n) is 2.19. The lowest BCUT2D eigenvalue weighted by Crippen LogP contribution is -2.15. The number of nitrogens with zero attached hydrogens (tertiary/aromatic N) is 1. The summed E-state index contributed by atoms with van der Waals surface area (Å²) in [6.45, 7) is 3.22. The fourth-order valence-corrected chi connectivity index (χ4v) is 2.75. The zero-order valence-electron chi connectivity index (χ0n) is 10.7. The summed E-state index contributed by atoms with van der Waals surface area (Å²) in [5.41, 5.74) is 2.37. The summed E-state index contributed by atoms with van der Waals surface area (Å²) < 4.78 is 12.0. The first-order valence-electron chi connectivity index (χ1n) is 6.32. The van der Waals surface area contributed by atoms with Gasteiger partial charge in [0.05, 0.1) is 0 Å². The summed E-state index contributed by atoms with van der Waals surface area (Å²) in [6.07, 6.45) is 1.86. The van der Waals surface area contributed by atoms with E-state index in [4.69, 9.17) is 9.47 Å². The highest BCUT2D eigenvalue weighted by Gasteiger charge is 2.12. The Kier molecular flexibility index (Phi) is 3.46. The lowest BCUT2D eigenvalue weighted by atomic mass is 10.1. The van der Waals surface area contributed by atoms with Gasteiger partial charge in [0.15, 0.2) is 11.5 Å². The molecule has 0 radical (unpaired) electrons. The number of hydrogen-bond acceptors (Lipinski definition) is 3. The van der Waals surface area contributed by atoms with E-state index in [0.29, 0.717) is 13.2 Å². The number of benzene rings is 1. The number of aromatic nitrogens is 2. The second-order valence-electron chi connectivity index (χ2n) is 4.57. The topological polar surface area (TPSA) is 47.1 Å². The highest BCUT2D eigenvalue weighted by molar-refractivity contribution is 9.10. The Hall–Kier alpha value is -1.49. The quantitative estimate of drug-likeness (QED) is 0.944. The van der Waals surface area contributed by atoms with Crippen molar-refractivity contribution in [3.63, 3.8) is 0 Å². The molecule has 3 rings (SSSR count). The Labute approximate surface area is 120 Å². The van der Waals surface area contributed by atoms with E-state index in [2.05, 4.69) is 38.0 Å². The number of hydrogen-bond donors (Lipinski definition) is 1. The second kappa shape index (κ2) is 5.25. The maximum atomic E-state index is 5.59. The van der Waals surface area contributed by atoms with E-state index < -0.39 is 0 Å². The summed E-state index contributed by atoms with van der Waals surface area (Å²) >= 11 is 3.46. The van der Waals surface area contributed by atoms with Crippen LogP contribution in [-0.2, 0) is 12.8 Å². The summed E-state index contributed by atoms with van der Waals surface area (Å²) in [5.74, 6) is 2.63. The molecule has 4 nitrogen and oxygen atoms in total. The van der Waals surface area contributed by atoms with E-state index >= 15 is 0 Å². The highest BCUT2D eigenvalue weighted by Crippen LogP contribution is 2.31. The Morgan fingerprint density at radius 1 is 1.21 bits per heavy atom. The second-order valence-corrected chi connectivity index (χ2v) is 5.32. The molecule has 1 aliphatic rings. The molecular weight excluding hydrogens is 308 g/mol. The van der Waals surface area contributed by atoms with E-state index in [1.807, 2.05) is 13.0 Å². The van der Waals surface area contributed by atoms with Gasteiger partial charge in [-0.3, -0.25) is 0 Å². The first-order valence-corrected chi connectivity index (χ1v) is 7.11. The van der Waals surface area contributed by atoms with Gasteiger partial charge in [-0.2, -0.15) is 0 Å². The van der Waals surface area contributed by atoms with E-state index in [1.165, 1.54) is 5.56 Å². The Balaban J connectivity index is 1.71. The number of halogens is 1. The van der Waals surface area contributed by atoms with Crippen molar-refractivity contribution in [3.05, 3.63) is 39.9 Å². The highest BCUT2D eigenvalue weighted by atomic mass is 79.9. The summed E-state index contributed by atoms with van der Waals surface area (Å²) in [4.78, 5) is 7.57. The van der Waals surface area contributed by atoms with Gasteiger partial charge in [-0.05, 0) is 53.4 Å². The molecule has 2 aromatic rings. The molecule has 1 aromatic heterocycles. The number of nitrogens with one attached hydrogen (secondary N) is 1. The van der Waals surface area contributed by atoms with Crippen LogP contribution in [0.4, 0.5) is 0 Å². The average molecular weight is 323 g/mol. The van der Waals surface area contributed by atoms with Gasteiger partial charge in [-0.25, -0.2) is 4.98 Å². The van der Waals surface area contributed by atoms with Crippen LogP contribution in [0.25, 0.3) is 0 Å². The molecule has 1 aromatic carbocycles. The Morgan fingerprint density at radius 3 is 2.74 bits per heavy atom. The minimum absolute atomic E-state index is 0.627. The number of aryl methyl sites for hydroxylation is 3. The molecule has 100 valence electrons. The summed E-state index contributed by atoms with van der Waals surface area (Å²) in [5, 5.41) is 0. The average Bonchev–Trinajstić information content (AvgIpc) is 2.74. The number of ether oxygens (including phenoxy) is 2. The molecule has 0 saturated carbocycles. The van der Waals surface area contributed by atoms with Gasteiger partial charge in [0, 0.05) is 5.69 Å². The number of aromatic amines is 1. The lowest BCUT2D eigenvalue weighted by molar-refractivity contribution is 0.171. The number of imidazole rings is 1. The molecule has 0 atom stereocenters. The molecule has 0 fully saturated rings. The van der Waals surface area contributed by atoms with E-state index in [1.54, 1.807) is 0 Å². The summed E-state index contributed by atoms with van der Waals surface area (Å²) in [7, 11) is 0. The normalized spacial score (nSPS) is 13.6. The molecule has 0 spiro atoms. The van der Waals surface area contributed by atoms with Crippen LogP contribution in [0.15, 0.2) is 22.8 Å². The van der Waals surface area contributed by atoms with Crippen molar-refractivity contribution in [3.8, 4) is 11.5 Å². The van der Waals surface area contributed by atoms with Crippen LogP contribution in [0.2, 0.25) is 0 Å². The third-order valence-corrected chi connectivity index (χ3v) is 3.77. The predicted molar refractivity (Wildman–Crippen MR) is 75.9 cm³/mol. The van der Waals surface area contributed by atoms with Crippen LogP contribution >= 0.6 is 15.9 Å². The minimum Gasteiger partial charge on any atom is -0.486 e. The van der Waals surface area contributed by atoms with Gasteiger partial charge >= 0.3 is 0 Å². The van der Waals surface area contributed by atoms with Crippen molar-refractivity contribution >= 4 is 15.9 Å². The maximum Gasteiger partial charge on any atom is 0.161 e. The molecule has 0 unspecified atom stereocenters. The summed E-state index contributed by atoms with van der Waals surface area (Å²) in [6, 6.07) is 6.13. The number of H-pyrrole nitrogens is 1. The van der Waals surface area contributed by atoms with Crippen LogP contribution in [0.5, 0.6) is 11.5 Å². The standard InChI is InChI=1S/C14H15BrN2O2/c1-9-16-11(14(15)17-9)4-2-10-3-5-12-13(8-10)19-7-6-18-12/h3,5,8H,2,4,6-7H2,1H3,(H,16,17). The van der Waals surface area contributed by atoms with Crippen molar-refractivity contribution < 1.29 is 9.47 Å². The lowest BCUT2D eigenvalue weighted by Gasteiger charge is -2.18. The largest absolute Gasteiger partial charge is 0.486 e. The number of fused-ring (bicyclic) bond motifs is 1. The molecule has 0 saturated heterocycles. The van der Waals surface area contributed by atoms with Gasteiger partial charge in [-0.15, -0.1) is 0 Å². The fraction of sp³-hybridized carbons (Fsp3) is 0.357. The minimum atomic E-state index is 0.627. The molecule has 0 aliphatic carbocycles. The van der Waals surface area contributed by atoms with Crippen LogP contribution in [0.1, 0.15) is 17.1 Å². The van der Waals surface area contributed by atoms with Crippen molar-refractivity contribution in [1.82, 2.24) is 9.97 Å². The first-order chi connectivity index (χ1) is 9.22. The predicted octanol–water partition coefficient (Wildman–Crippen LogP) is 3.04. The third kappa shape index (κ3) is 2.76. The van der Waals surface area contributed by atoms with Crippen LogP contribution in [0.3, 0.4) is 0 Å². The van der Waals surface area contributed by atoms with Crippen LogP contribution < -0.4 is 9.47 Å². The maximum absolute atomic E-state index is 5.59. The van der Waals surface area contributed by atoms with Gasteiger partial charge in [0.1, 0.15) is 23.6 Å². The zero-order valence-corrected chi connectivity index (χ0v) is 12.3. The molecule has 1 aliphatic heterocycles. The third-order valence-electron chi connectivity index (χ3n) is 3.12. The van der Waals surface area contributed by atoms with Crippen molar-refractivity contribution in [1.29, 1.82) is 0 Å². The molecule has 2 heterocycles. The Morgan fingerprint density at radius 2 is 2.00 bits per heavy atom. The molecule has 0 amide bonds. The smallest absolute Gasteiger partial charge is 0.161 e. The molecular formula is C14H15BrN2O2.